The van der Waals surface area contributed by atoms with E-state index in [1.165, 1.54) is 19.2 Å². The first kappa shape index (κ1) is 12.9. The van der Waals surface area contributed by atoms with Crippen LogP contribution in [0, 0.1) is 6.92 Å². The summed E-state index contributed by atoms with van der Waals surface area (Å²) in [6.07, 6.45) is -3.40. The molecule has 0 aromatic carbocycles. The molecule has 2 rings (SSSR count). The predicted molar refractivity (Wildman–Crippen MR) is 61.7 cm³/mol. The number of halogens is 4. The molecule has 18 heavy (non-hydrogen) atoms. The molecule has 96 valence electrons. The lowest BCUT2D eigenvalue weighted by molar-refractivity contribution is -0.139. The Kier molecular flexibility index (Phi) is 3.06. The van der Waals surface area contributed by atoms with Crippen LogP contribution in [0.4, 0.5) is 13.2 Å². The molecule has 2 aromatic rings. The van der Waals surface area contributed by atoms with E-state index in [0.29, 0.717) is 11.2 Å². The molecule has 0 saturated carbocycles. The van der Waals surface area contributed by atoms with Crippen molar-refractivity contribution in [3.8, 4) is 0 Å². The molecular weight excluding hydrogens is 269 g/mol. The van der Waals surface area contributed by atoms with E-state index in [0.717, 1.165) is 0 Å². The van der Waals surface area contributed by atoms with Gasteiger partial charge in [-0.1, -0.05) is 0 Å². The molecular formula is C11H8ClF3N2O. The van der Waals surface area contributed by atoms with E-state index in [1.54, 1.807) is 0 Å². The van der Waals surface area contributed by atoms with Crippen molar-refractivity contribution in [1.82, 2.24) is 9.97 Å². The maximum Gasteiger partial charge on any atom is 0.421 e. The minimum absolute atomic E-state index is 0.123. The lowest BCUT2D eigenvalue weighted by Crippen LogP contribution is -2.23. The Hall–Kier alpha value is -1.56. The van der Waals surface area contributed by atoms with Gasteiger partial charge in [0.05, 0.1) is 17.1 Å². The SMILES string of the molecule is Cc1c(C(F)(F)F)c(=O)[nH]c2cc(CCl)ncc12. The molecule has 7 heteroatoms. The van der Waals surface area contributed by atoms with Gasteiger partial charge < -0.3 is 4.98 Å². The van der Waals surface area contributed by atoms with E-state index in [2.05, 4.69) is 9.97 Å². The van der Waals surface area contributed by atoms with Crippen LogP contribution in [0.5, 0.6) is 0 Å². The van der Waals surface area contributed by atoms with E-state index < -0.39 is 17.3 Å². The molecule has 0 fully saturated rings. The molecule has 0 amide bonds. The van der Waals surface area contributed by atoms with Crippen molar-refractivity contribution in [2.24, 2.45) is 0 Å². The number of aryl methyl sites for hydroxylation is 1. The zero-order valence-electron chi connectivity index (χ0n) is 9.23. The fraction of sp³-hybridized carbons (Fsp3) is 0.273. The molecule has 1 N–H and O–H groups in total. The smallest absolute Gasteiger partial charge is 0.321 e. The molecule has 0 aliphatic rings. The van der Waals surface area contributed by atoms with E-state index in [-0.39, 0.29) is 16.8 Å². The summed E-state index contributed by atoms with van der Waals surface area (Å²) >= 11 is 5.58. The van der Waals surface area contributed by atoms with Crippen LogP contribution in [0.15, 0.2) is 17.1 Å². The van der Waals surface area contributed by atoms with Crippen molar-refractivity contribution in [3.05, 3.63) is 39.4 Å². The Balaban J connectivity index is 2.84. The van der Waals surface area contributed by atoms with Gasteiger partial charge in [0.1, 0.15) is 5.56 Å². The topological polar surface area (TPSA) is 45.8 Å². The van der Waals surface area contributed by atoms with Crippen LogP contribution < -0.4 is 5.56 Å². The van der Waals surface area contributed by atoms with Gasteiger partial charge in [0.25, 0.3) is 5.56 Å². The average Bonchev–Trinajstić information content (AvgIpc) is 2.26. The summed E-state index contributed by atoms with van der Waals surface area (Å²) in [5.74, 6) is 0.123. The second kappa shape index (κ2) is 4.28. The molecule has 0 bridgehead atoms. The standard InChI is InChI=1S/C11H8ClF3N2O/c1-5-7-4-16-6(3-12)2-8(7)17-10(18)9(5)11(13,14)15/h2,4H,3H2,1H3,(H,17,18). The van der Waals surface area contributed by atoms with Crippen molar-refractivity contribution in [3.63, 3.8) is 0 Å². The molecule has 2 aromatic heterocycles. The minimum atomic E-state index is -4.68. The number of aromatic nitrogens is 2. The highest BCUT2D eigenvalue weighted by molar-refractivity contribution is 6.17. The lowest BCUT2D eigenvalue weighted by Gasteiger charge is -2.11. The van der Waals surface area contributed by atoms with Crippen LogP contribution in [0.2, 0.25) is 0 Å². The summed E-state index contributed by atoms with van der Waals surface area (Å²) in [4.78, 5) is 17.6. The number of alkyl halides is 4. The van der Waals surface area contributed by atoms with E-state index in [4.69, 9.17) is 11.6 Å². The molecule has 0 spiro atoms. The van der Waals surface area contributed by atoms with Gasteiger partial charge in [0.2, 0.25) is 0 Å². The second-order valence-corrected chi connectivity index (χ2v) is 4.07. The summed E-state index contributed by atoms with van der Waals surface area (Å²) in [6, 6.07) is 1.47. The number of hydrogen-bond acceptors (Lipinski definition) is 2. The van der Waals surface area contributed by atoms with Gasteiger partial charge in [-0.3, -0.25) is 9.78 Å². The summed E-state index contributed by atoms with van der Waals surface area (Å²) in [5.41, 5.74) is -1.68. The predicted octanol–water partition coefficient (Wildman–Crippen LogP) is 2.99. The van der Waals surface area contributed by atoms with E-state index >= 15 is 0 Å². The van der Waals surface area contributed by atoms with Crippen molar-refractivity contribution in [2.45, 2.75) is 19.0 Å². The first-order valence-electron chi connectivity index (χ1n) is 4.99. The molecule has 0 saturated heterocycles. The lowest BCUT2D eigenvalue weighted by atomic mass is 10.1. The fourth-order valence-electron chi connectivity index (χ4n) is 1.81. The van der Waals surface area contributed by atoms with Gasteiger partial charge >= 0.3 is 6.18 Å². The Morgan fingerprint density at radius 3 is 2.67 bits per heavy atom. The van der Waals surface area contributed by atoms with Gasteiger partial charge in [0, 0.05) is 11.6 Å². The number of nitrogens with one attached hydrogen (secondary N) is 1. The highest BCUT2D eigenvalue weighted by Crippen LogP contribution is 2.31. The first-order chi connectivity index (χ1) is 8.34. The maximum atomic E-state index is 12.7. The fourth-order valence-corrected chi connectivity index (χ4v) is 1.95. The van der Waals surface area contributed by atoms with Gasteiger partial charge in [-0.15, -0.1) is 11.6 Å². The minimum Gasteiger partial charge on any atom is -0.321 e. The average molecular weight is 277 g/mol. The summed E-state index contributed by atoms with van der Waals surface area (Å²) in [7, 11) is 0. The first-order valence-corrected chi connectivity index (χ1v) is 5.52. The van der Waals surface area contributed by atoms with Crippen LogP contribution in [-0.2, 0) is 12.1 Å². The summed E-state index contributed by atoms with van der Waals surface area (Å²) < 4.78 is 38.2. The third-order valence-electron chi connectivity index (χ3n) is 2.64. The molecule has 0 aliphatic heterocycles. The Morgan fingerprint density at radius 1 is 1.44 bits per heavy atom. The van der Waals surface area contributed by atoms with Crippen molar-refractivity contribution in [2.75, 3.05) is 0 Å². The summed E-state index contributed by atoms with van der Waals surface area (Å²) in [5, 5.41) is 0.260. The number of fused-ring (bicyclic) bond motifs is 1. The van der Waals surface area contributed by atoms with E-state index in [9.17, 15) is 18.0 Å². The van der Waals surface area contributed by atoms with Crippen molar-refractivity contribution >= 4 is 22.5 Å². The Bertz CT molecular complexity index is 664. The number of aromatic amines is 1. The third-order valence-corrected chi connectivity index (χ3v) is 2.91. The zero-order chi connectivity index (χ0) is 13.5. The summed E-state index contributed by atoms with van der Waals surface area (Å²) in [6.45, 7) is 1.25. The highest BCUT2D eigenvalue weighted by Gasteiger charge is 2.36. The molecule has 2 heterocycles. The van der Waals surface area contributed by atoms with Gasteiger partial charge in [-0.05, 0) is 18.6 Å². The van der Waals surface area contributed by atoms with E-state index in [1.807, 2.05) is 0 Å². The maximum absolute atomic E-state index is 12.7. The van der Waals surface area contributed by atoms with Crippen LogP contribution >= 0.6 is 11.6 Å². The number of rotatable bonds is 1. The van der Waals surface area contributed by atoms with Crippen LogP contribution in [0.25, 0.3) is 10.9 Å². The number of hydrogen-bond donors (Lipinski definition) is 1. The van der Waals surface area contributed by atoms with Gasteiger partial charge in [-0.25, -0.2) is 0 Å². The monoisotopic (exact) mass is 276 g/mol. The second-order valence-electron chi connectivity index (χ2n) is 3.81. The molecule has 0 radical (unpaired) electrons. The molecule has 0 atom stereocenters. The van der Waals surface area contributed by atoms with Gasteiger partial charge in [0.15, 0.2) is 0 Å². The number of H-pyrrole nitrogens is 1. The van der Waals surface area contributed by atoms with Crippen LogP contribution in [-0.4, -0.2) is 9.97 Å². The zero-order valence-corrected chi connectivity index (χ0v) is 9.99. The van der Waals surface area contributed by atoms with Crippen molar-refractivity contribution in [1.29, 1.82) is 0 Å². The molecule has 0 unspecified atom stereocenters. The highest BCUT2D eigenvalue weighted by atomic mass is 35.5. The Morgan fingerprint density at radius 2 is 2.11 bits per heavy atom. The molecule has 0 aliphatic carbocycles. The van der Waals surface area contributed by atoms with Crippen LogP contribution in [0.3, 0.4) is 0 Å². The van der Waals surface area contributed by atoms with Gasteiger partial charge in [-0.2, -0.15) is 13.2 Å². The third kappa shape index (κ3) is 2.08. The number of nitrogens with zero attached hydrogens (tertiary/aromatic N) is 1. The Labute approximate surface area is 105 Å². The largest absolute Gasteiger partial charge is 0.421 e. The van der Waals surface area contributed by atoms with Crippen molar-refractivity contribution < 1.29 is 13.2 Å². The molecule has 3 nitrogen and oxygen atoms in total. The quantitative estimate of drug-likeness (QED) is 0.814. The normalized spacial score (nSPS) is 12.1. The number of pyridine rings is 2. The van der Waals surface area contributed by atoms with Crippen LogP contribution in [0.1, 0.15) is 16.8 Å².